The second-order valence-corrected chi connectivity index (χ2v) is 5.73. The van der Waals surface area contributed by atoms with Gasteiger partial charge in [-0.15, -0.1) is 0 Å². The van der Waals surface area contributed by atoms with Crippen LogP contribution in [0.3, 0.4) is 0 Å². The van der Waals surface area contributed by atoms with Crippen LogP contribution < -0.4 is 10.1 Å². The van der Waals surface area contributed by atoms with E-state index in [1.807, 2.05) is 29.5 Å². The summed E-state index contributed by atoms with van der Waals surface area (Å²) in [5.41, 5.74) is 3.10. The molecule has 1 amide bonds. The molecule has 2 heterocycles. The molecule has 0 fully saturated rings. The minimum absolute atomic E-state index is 0.250. The van der Waals surface area contributed by atoms with Crippen LogP contribution in [0, 0.1) is 6.92 Å². The van der Waals surface area contributed by atoms with Gasteiger partial charge in [0.25, 0.3) is 5.91 Å². The number of amides is 1. The minimum atomic E-state index is -0.495. The number of carbonyl (C=O) groups is 2. The summed E-state index contributed by atoms with van der Waals surface area (Å²) in [5.74, 6) is -0.364. The molecule has 7 heteroatoms. The Labute approximate surface area is 150 Å². The van der Waals surface area contributed by atoms with Crippen LogP contribution >= 0.6 is 0 Å². The van der Waals surface area contributed by atoms with Crippen LogP contribution in [0.15, 0.2) is 42.6 Å². The lowest BCUT2D eigenvalue weighted by Crippen LogP contribution is -2.23. The van der Waals surface area contributed by atoms with Gasteiger partial charge in [0, 0.05) is 18.4 Å². The van der Waals surface area contributed by atoms with Crippen molar-refractivity contribution in [3.63, 3.8) is 0 Å². The van der Waals surface area contributed by atoms with Crippen molar-refractivity contribution in [3.8, 4) is 5.75 Å². The van der Waals surface area contributed by atoms with Crippen LogP contribution in [0.25, 0.3) is 5.65 Å². The number of nitrogens with zero attached hydrogens (tertiary/aromatic N) is 2. The largest absolute Gasteiger partial charge is 0.496 e. The zero-order chi connectivity index (χ0) is 18.7. The third-order valence-corrected chi connectivity index (χ3v) is 4.05. The summed E-state index contributed by atoms with van der Waals surface area (Å²) >= 11 is 0. The van der Waals surface area contributed by atoms with Crippen molar-refractivity contribution < 1.29 is 19.1 Å². The Balaban J connectivity index is 1.76. The Morgan fingerprint density at radius 1 is 1.19 bits per heavy atom. The van der Waals surface area contributed by atoms with Gasteiger partial charge in [-0.3, -0.25) is 4.79 Å². The molecule has 0 aliphatic carbocycles. The van der Waals surface area contributed by atoms with Gasteiger partial charge in [0.05, 0.1) is 14.2 Å². The summed E-state index contributed by atoms with van der Waals surface area (Å²) in [6.07, 6.45) is 1.70. The summed E-state index contributed by atoms with van der Waals surface area (Å²) in [6, 6.07) is 10.8. The highest BCUT2D eigenvalue weighted by molar-refractivity contribution is 5.93. The van der Waals surface area contributed by atoms with E-state index in [1.165, 1.54) is 14.2 Å². The van der Waals surface area contributed by atoms with Gasteiger partial charge in [-0.1, -0.05) is 12.1 Å². The Kier molecular flexibility index (Phi) is 4.88. The highest BCUT2D eigenvalue weighted by Gasteiger charge is 2.15. The number of carbonyl (C=O) groups excluding carboxylic acids is 2. The van der Waals surface area contributed by atoms with Gasteiger partial charge in [-0.2, -0.15) is 0 Å². The molecule has 3 rings (SSSR count). The first-order chi connectivity index (χ1) is 12.5. The average Bonchev–Trinajstić information content (AvgIpc) is 3.11. The van der Waals surface area contributed by atoms with Crippen LogP contribution in [0.4, 0.5) is 0 Å². The number of hydrogen-bond acceptors (Lipinski definition) is 5. The number of esters is 1. The number of benzene rings is 1. The first-order valence-electron chi connectivity index (χ1n) is 8.01. The molecule has 3 aromatic rings. The topological polar surface area (TPSA) is 81.9 Å². The number of rotatable bonds is 5. The van der Waals surface area contributed by atoms with E-state index in [-0.39, 0.29) is 12.5 Å². The molecule has 7 nitrogen and oxygen atoms in total. The summed E-state index contributed by atoms with van der Waals surface area (Å²) in [4.78, 5) is 28.6. The quantitative estimate of drug-likeness (QED) is 0.712. The molecule has 0 radical (unpaired) electrons. The number of ether oxygens (including phenoxy) is 2. The van der Waals surface area contributed by atoms with Crippen molar-refractivity contribution in [1.82, 2.24) is 14.7 Å². The second-order valence-electron chi connectivity index (χ2n) is 5.73. The fourth-order valence-corrected chi connectivity index (χ4v) is 2.67. The Morgan fingerprint density at radius 3 is 2.69 bits per heavy atom. The predicted octanol–water partition coefficient (Wildman–Crippen LogP) is 2.37. The third-order valence-electron chi connectivity index (χ3n) is 4.05. The van der Waals surface area contributed by atoms with Crippen LogP contribution in [0.2, 0.25) is 0 Å². The second kappa shape index (κ2) is 7.26. The lowest BCUT2D eigenvalue weighted by Gasteiger charge is -2.09. The van der Waals surface area contributed by atoms with Crippen molar-refractivity contribution in [1.29, 1.82) is 0 Å². The number of imidazole rings is 1. The summed E-state index contributed by atoms with van der Waals surface area (Å²) in [7, 11) is 2.79. The Hall–Kier alpha value is -3.35. The van der Waals surface area contributed by atoms with Crippen LogP contribution in [0.1, 0.15) is 32.1 Å². The summed E-state index contributed by atoms with van der Waals surface area (Å²) in [5, 5.41) is 2.81. The van der Waals surface area contributed by atoms with E-state index in [0.29, 0.717) is 22.7 Å². The van der Waals surface area contributed by atoms with E-state index in [0.717, 1.165) is 11.3 Å². The van der Waals surface area contributed by atoms with E-state index in [1.54, 1.807) is 24.4 Å². The first kappa shape index (κ1) is 17.5. The van der Waals surface area contributed by atoms with Gasteiger partial charge in [-0.05, 0) is 36.8 Å². The molecule has 0 unspecified atom stereocenters. The van der Waals surface area contributed by atoms with Gasteiger partial charge >= 0.3 is 5.97 Å². The highest BCUT2D eigenvalue weighted by Crippen LogP contribution is 2.21. The molecule has 0 saturated carbocycles. The smallest absolute Gasteiger partial charge is 0.341 e. The molecule has 0 aliphatic heterocycles. The maximum Gasteiger partial charge on any atom is 0.341 e. The molecule has 1 N–H and O–H groups in total. The van der Waals surface area contributed by atoms with Crippen molar-refractivity contribution in [3.05, 3.63) is 65.1 Å². The van der Waals surface area contributed by atoms with Crippen molar-refractivity contribution in [2.45, 2.75) is 13.5 Å². The monoisotopic (exact) mass is 353 g/mol. The Morgan fingerprint density at radius 2 is 2.00 bits per heavy atom. The van der Waals surface area contributed by atoms with E-state index < -0.39 is 5.97 Å². The molecular formula is C19H19N3O4. The fraction of sp³-hybridized carbons (Fsp3) is 0.211. The van der Waals surface area contributed by atoms with Crippen molar-refractivity contribution >= 4 is 17.5 Å². The van der Waals surface area contributed by atoms with Crippen LogP contribution in [-0.4, -0.2) is 35.5 Å². The van der Waals surface area contributed by atoms with Crippen molar-refractivity contribution in [2.24, 2.45) is 0 Å². The number of aryl methyl sites for hydroxylation is 1. The Bertz CT molecular complexity index is 978. The van der Waals surface area contributed by atoms with E-state index in [4.69, 9.17) is 9.47 Å². The number of pyridine rings is 1. The zero-order valence-electron chi connectivity index (χ0n) is 14.8. The maximum atomic E-state index is 12.4. The van der Waals surface area contributed by atoms with Gasteiger partial charge in [0.2, 0.25) is 0 Å². The van der Waals surface area contributed by atoms with Gasteiger partial charge in [-0.25, -0.2) is 9.78 Å². The maximum absolute atomic E-state index is 12.4. The van der Waals surface area contributed by atoms with Gasteiger partial charge in [0.1, 0.15) is 22.7 Å². The molecule has 2 aromatic heterocycles. The summed E-state index contributed by atoms with van der Waals surface area (Å²) < 4.78 is 11.8. The highest BCUT2D eigenvalue weighted by atomic mass is 16.5. The number of fused-ring (bicyclic) bond motifs is 1. The van der Waals surface area contributed by atoms with Gasteiger partial charge < -0.3 is 19.2 Å². The zero-order valence-corrected chi connectivity index (χ0v) is 14.8. The SMILES string of the molecule is COC(=O)c1cc(CNC(=O)c2cn3c(C)cccc3n2)ccc1OC. The number of hydrogen-bond donors (Lipinski definition) is 1. The van der Waals surface area contributed by atoms with Gasteiger partial charge in [0.15, 0.2) is 0 Å². The molecule has 1 aromatic carbocycles. The van der Waals surface area contributed by atoms with E-state index in [9.17, 15) is 9.59 Å². The standard InChI is InChI=1S/C19H19N3O4/c1-12-5-4-6-17-21-15(11-22(12)17)18(23)20-10-13-7-8-16(25-2)14(9-13)19(24)26-3/h4-9,11H,10H2,1-3H3,(H,20,23). The first-order valence-corrected chi connectivity index (χ1v) is 8.01. The summed E-state index contributed by atoms with van der Waals surface area (Å²) in [6.45, 7) is 2.20. The molecule has 26 heavy (non-hydrogen) atoms. The lowest BCUT2D eigenvalue weighted by atomic mass is 10.1. The normalized spacial score (nSPS) is 10.6. The molecule has 0 atom stereocenters. The molecular weight excluding hydrogens is 334 g/mol. The minimum Gasteiger partial charge on any atom is -0.496 e. The van der Waals surface area contributed by atoms with Crippen LogP contribution in [0.5, 0.6) is 5.75 Å². The van der Waals surface area contributed by atoms with E-state index in [2.05, 4.69) is 10.3 Å². The lowest BCUT2D eigenvalue weighted by molar-refractivity contribution is 0.0597. The predicted molar refractivity (Wildman–Crippen MR) is 95.4 cm³/mol. The third kappa shape index (κ3) is 3.37. The molecule has 0 saturated heterocycles. The molecule has 0 spiro atoms. The van der Waals surface area contributed by atoms with Crippen molar-refractivity contribution in [2.75, 3.05) is 14.2 Å². The number of aromatic nitrogens is 2. The van der Waals surface area contributed by atoms with E-state index >= 15 is 0 Å². The fourth-order valence-electron chi connectivity index (χ4n) is 2.67. The van der Waals surface area contributed by atoms with Crippen LogP contribution in [-0.2, 0) is 11.3 Å². The number of methoxy groups -OCH3 is 2. The molecule has 134 valence electrons. The number of nitrogens with one attached hydrogen (secondary N) is 1. The molecule has 0 aliphatic rings. The molecule has 0 bridgehead atoms. The average molecular weight is 353 g/mol.